The highest BCUT2D eigenvalue weighted by Gasteiger charge is 2.07. The zero-order valence-corrected chi connectivity index (χ0v) is 13.9. The second-order valence-electron chi connectivity index (χ2n) is 5.51. The highest BCUT2D eigenvalue weighted by molar-refractivity contribution is 5.77. The normalized spacial score (nSPS) is 10.3. The highest BCUT2D eigenvalue weighted by atomic mass is 16.5. The second kappa shape index (κ2) is 8.99. The van der Waals surface area contributed by atoms with Crippen LogP contribution in [0.5, 0.6) is 11.5 Å². The Bertz CT molecular complexity index is 617. The summed E-state index contributed by atoms with van der Waals surface area (Å²) in [6.07, 6.45) is 5.57. The van der Waals surface area contributed by atoms with Gasteiger partial charge in [-0.2, -0.15) is 0 Å². The quantitative estimate of drug-likeness (QED) is 0.475. The lowest BCUT2D eigenvalue weighted by atomic mass is 10.0. The lowest BCUT2D eigenvalue weighted by molar-refractivity contribution is 0.112. The predicted molar refractivity (Wildman–Crippen MR) is 93.5 cm³/mol. The molecule has 0 fully saturated rings. The van der Waals surface area contributed by atoms with Crippen molar-refractivity contribution in [3.63, 3.8) is 0 Å². The molecule has 3 nitrogen and oxygen atoms in total. The molecule has 0 atom stereocenters. The number of carbonyl (C=O) groups excluding carboxylic acids is 1. The molecule has 0 spiro atoms. The summed E-state index contributed by atoms with van der Waals surface area (Å²) in [6, 6.07) is 13.4. The molecule has 0 amide bonds. The minimum absolute atomic E-state index is 0.674. The minimum atomic E-state index is 0.674. The third-order valence-corrected chi connectivity index (χ3v) is 3.80. The van der Waals surface area contributed by atoms with Crippen molar-refractivity contribution in [2.75, 3.05) is 13.7 Å². The van der Waals surface area contributed by atoms with E-state index in [1.807, 2.05) is 42.5 Å². The van der Waals surface area contributed by atoms with E-state index < -0.39 is 0 Å². The van der Waals surface area contributed by atoms with Crippen molar-refractivity contribution in [1.29, 1.82) is 0 Å². The topological polar surface area (TPSA) is 35.5 Å². The molecule has 0 unspecified atom stereocenters. The van der Waals surface area contributed by atoms with Crippen LogP contribution in [0.3, 0.4) is 0 Å². The number of rotatable bonds is 9. The number of aldehydes is 1. The number of ether oxygens (including phenoxy) is 2. The summed E-state index contributed by atoms with van der Waals surface area (Å²) >= 11 is 0. The van der Waals surface area contributed by atoms with Crippen molar-refractivity contribution < 1.29 is 14.3 Å². The molecule has 23 heavy (non-hydrogen) atoms. The van der Waals surface area contributed by atoms with Gasteiger partial charge in [-0.3, -0.25) is 4.79 Å². The Hall–Kier alpha value is -2.29. The van der Waals surface area contributed by atoms with Crippen LogP contribution in [0.2, 0.25) is 0 Å². The maximum atomic E-state index is 10.7. The van der Waals surface area contributed by atoms with Gasteiger partial charge in [-0.15, -0.1) is 0 Å². The van der Waals surface area contributed by atoms with Gasteiger partial charge in [0.05, 0.1) is 13.7 Å². The molecular formula is C20H24O3. The Balaban J connectivity index is 2.07. The highest BCUT2D eigenvalue weighted by Crippen LogP contribution is 2.32. The van der Waals surface area contributed by atoms with Crippen molar-refractivity contribution in [1.82, 2.24) is 0 Å². The first-order valence-electron chi connectivity index (χ1n) is 8.15. The van der Waals surface area contributed by atoms with E-state index in [4.69, 9.17) is 9.47 Å². The summed E-state index contributed by atoms with van der Waals surface area (Å²) in [4.78, 5) is 10.7. The van der Waals surface area contributed by atoms with Crippen LogP contribution in [0.4, 0.5) is 0 Å². The van der Waals surface area contributed by atoms with Gasteiger partial charge in [0.2, 0.25) is 0 Å². The number of benzene rings is 2. The summed E-state index contributed by atoms with van der Waals surface area (Å²) in [5.74, 6) is 1.51. The SMILES string of the molecule is CCCCCCOc1ccc(-c2ccc(C=O)cc2)cc1OC. The first kappa shape index (κ1) is 17.1. The van der Waals surface area contributed by atoms with Crippen LogP contribution < -0.4 is 9.47 Å². The zero-order valence-electron chi connectivity index (χ0n) is 13.9. The van der Waals surface area contributed by atoms with Crippen LogP contribution in [0.15, 0.2) is 42.5 Å². The third kappa shape index (κ3) is 4.85. The van der Waals surface area contributed by atoms with E-state index in [1.54, 1.807) is 7.11 Å². The number of unbranched alkanes of at least 4 members (excludes halogenated alkanes) is 3. The van der Waals surface area contributed by atoms with Gasteiger partial charge in [-0.25, -0.2) is 0 Å². The van der Waals surface area contributed by atoms with Crippen molar-refractivity contribution >= 4 is 6.29 Å². The number of carbonyl (C=O) groups is 1. The van der Waals surface area contributed by atoms with E-state index in [9.17, 15) is 4.79 Å². The Labute approximate surface area is 138 Å². The molecule has 2 aromatic carbocycles. The summed E-state index contributed by atoms with van der Waals surface area (Å²) in [5.41, 5.74) is 2.76. The van der Waals surface area contributed by atoms with Crippen LogP contribution in [-0.2, 0) is 0 Å². The van der Waals surface area contributed by atoms with Gasteiger partial charge in [0.15, 0.2) is 11.5 Å². The summed E-state index contributed by atoms with van der Waals surface area (Å²) in [6.45, 7) is 2.91. The van der Waals surface area contributed by atoms with Crippen molar-refractivity contribution in [3.05, 3.63) is 48.0 Å². The molecule has 2 aromatic rings. The van der Waals surface area contributed by atoms with E-state index in [0.29, 0.717) is 12.2 Å². The average Bonchev–Trinajstić information content (AvgIpc) is 2.61. The molecule has 0 saturated carbocycles. The molecule has 0 bridgehead atoms. The van der Waals surface area contributed by atoms with Gasteiger partial charge >= 0.3 is 0 Å². The van der Waals surface area contributed by atoms with Crippen molar-refractivity contribution in [2.45, 2.75) is 32.6 Å². The fourth-order valence-electron chi connectivity index (χ4n) is 2.43. The van der Waals surface area contributed by atoms with E-state index >= 15 is 0 Å². The molecule has 0 saturated heterocycles. The number of hydrogen-bond donors (Lipinski definition) is 0. The maximum absolute atomic E-state index is 10.7. The molecule has 0 heterocycles. The van der Waals surface area contributed by atoms with Crippen molar-refractivity contribution in [3.8, 4) is 22.6 Å². The van der Waals surface area contributed by atoms with Crippen LogP contribution in [-0.4, -0.2) is 20.0 Å². The second-order valence-corrected chi connectivity index (χ2v) is 5.51. The molecule has 0 aliphatic rings. The summed E-state index contributed by atoms with van der Waals surface area (Å²) in [5, 5.41) is 0. The Morgan fingerprint density at radius 1 is 0.913 bits per heavy atom. The molecule has 0 N–H and O–H groups in total. The summed E-state index contributed by atoms with van der Waals surface area (Å²) < 4.78 is 11.3. The molecule has 0 aliphatic heterocycles. The van der Waals surface area contributed by atoms with Gasteiger partial charge in [-0.05, 0) is 29.7 Å². The third-order valence-electron chi connectivity index (χ3n) is 3.80. The van der Waals surface area contributed by atoms with Gasteiger partial charge in [0.1, 0.15) is 6.29 Å². The molecule has 122 valence electrons. The van der Waals surface area contributed by atoms with Gasteiger partial charge < -0.3 is 9.47 Å². The smallest absolute Gasteiger partial charge is 0.161 e. The fourth-order valence-corrected chi connectivity index (χ4v) is 2.43. The Kier molecular flexibility index (Phi) is 6.67. The molecule has 0 aromatic heterocycles. The predicted octanol–water partition coefficient (Wildman–Crippen LogP) is 5.13. The molecular weight excluding hydrogens is 288 g/mol. The number of hydrogen-bond acceptors (Lipinski definition) is 3. The lowest BCUT2D eigenvalue weighted by Crippen LogP contribution is -1.99. The van der Waals surface area contributed by atoms with E-state index in [0.717, 1.165) is 35.3 Å². The average molecular weight is 312 g/mol. The maximum Gasteiger partial charge on any atom is 0.161 e. The minimum Gasteiger partial charge on any atom is -0.493 e. The fraction of sp³-hybridized carbons (Fsp3) is 0.350. The van der Waals surface area contributed by atoms with Gasteiger partial charge in [0.25, 0.3) is 0 Å². The van der Waals surface area contributed by atoms with Crippen LogP contribution in [0, 0.1) is 0 Å². The first-order chi connectivity index (χ1) is 11.3. The van der Waals surface area contributed by atoms with Gasteiger partial charge in [-0.1, -0.05) is 56.5 Å². The largest absolute Gasteiger partial charge is 0.493 e. The van der Waals surface area contributed by atoms with Crippen LogP contribution in [0.25, 0.3) is 11.1 Å². The van der Waals surface area contributed by atoms with Crippen LogP contribution in [0.1, 0.15) is 43.0 Å². The number of methoxy groups -OCH3 is 1. The molecule has 0 aliphatic carbocycles. The van der Waals surface area contributed by atoms with Gasteiger partial charge in [0, 0.05) is 5.56 Å². The molecule has 2 rings (SSSR count). The van der Waals surface area contributed by atoms with E-state index in [1.165, 1.54) is 19.3 Å². The Morgan fingerprint density at radius 3 is 2.30 bits per heavy atom. The molecule has 3 heteroatoms. The zero-order chi connectivity index (χ0) is 16.5. The van der Waals surface area contributed by atoms with E-state index in [2.05, 4.69) is 6.92 Å². The van der Waals surface area contributed by atoms with E-state index in [-0.39, 0.29) is 0 Å². The molecule has 0 radical (unpaired) electrons. The summed E-state index contributed by atoms with van der Waals surface area (Å²) in [7, 11) is 1.65. The first-order valence-corrected chi connectivity index (χ1v) is 8.15. The standard InChI is InChI=1S/C20H24O3/c1-3-4-5-6-13-23-19-12-11-18(14-20(19)22-2)17-9-7-16(15-21)8-10-17/h7-12,14-15H,3-6,13H2,1-2H3. The van der Waals surface area contributed by atoms with Crippen molar-refractivity contribution in [2.24, 2.45) is 0 Å². The monoisotopic (exact) mass is 312 g/mol. The lowest BCUT2D eigenvalue weighted by Gasteiger charge is -2.12. The Morgan fingerprint density at radius 2 is 1.65 bits per heavy atom. The van der Waals surface area contributed by atoms with Crippen LogP contribution >= 0.6 is 0 Å².